The molecular weight excluding hydrogens is 248 g/mol. The Morgan fingerprint density at radius 3 is 2.84 bits per heavy atom. The van der Waals surface area contributed by atoms with E-state index < -0.39 is 24.5 Å². The van der Waals surface area contributed by atoms with Gasteiger partial charge in [0.1, 0.15) is 12.7 Å². The van der Waals surface area contributed by atoms with Crippen LogP contribution in [-0.2, 0) is 14.2 Å². The summed E-state index contributed by atoms with van der Waals surface area (Å²) in [7, 11) is 1.51. The summed E-state index contributed by atoms with van der Waals surface area (Å²) in [6, 6.07) is 7.20. The summed E-state index contributed by atoms with van der Waals surface area (Å²) >= 11 is 0. The first-order valence-electron chi connectivity index (χ1n) is 6.21. The first-order chi connectivity index (χ1) is 9.11. The molecule has 104 valence electrons. The molecule has 1 heterocycles. The highest BCUT2D eigenvalue weighted by atomic mass is 16.7. The SMILES string of the molecule is COC1C[C@@H](O)[C@H](COC(=O)c2ccccc2C)O1. The molecule has 19 heavy (non-hydrogen) atoms. The van der Waals surface area contributed by atoms with Gasteiger partial charge in [-0.15, -0.1) is 0 Å². The number of hydrogen-bond donors (Lipinski definition) is 1. The van der Waals surface area contributed by atoms with Crippen molar-refractivity contribution in [3.8, 4) is 0 Å². The van der Waals surface area contributed by atoms with Gasteiger partial charge in [0.05, 0.1) is 11.7 Å². The van der Waals surface area contributed by atoms with E-state index in [0.717, 1.165) is 5.56 Å². The molecule has 3 atom stereocenters. The number of esters is 1. The summed E-state index contributed by atoms with van der Waals surface area (Å²) in [5.74, 6) is -0.408. The lowest BCUT2D eigenvalue weighted by atomic mass is 10.1. The highest BCUT2D eigenvalue weighted by Crippen LogP contribution is 2.21. The molecule has 1 saturated heterocycles. The van der Waals surface area contributed by atoms with E-state index in [0.29, 0.717) is 12.0 Å². The molecule has 1 aromatic carbocycles. The van der Waals surface area contributed by atoms with Crippen LogP contribution in [0.3, 0.4) is 0 Å². The molecule has 1 aliphatic heterocycles. The molecule has 0 radical (unpaired) electrons. The first-order valence-corrected chi connectivity index (χ1v) is 6.21. The molecule has 1 N–H and O–H groups in total. The zero-order valence-corrected chi connectivity index (χ0v) is 11.0. The average molecular weight is 266 g/mol. The third-order valence-electron chi connectivity index (χ3n) is 3.20. The maximum absolute atomic E-state index is 11.9. The number of benzene rings is 1. The van der Waals surface area contributed by atoms with E-state index in [1.165, 1.54) is 7.11 Å². The van der Waals surface area contributed by atoms with Crippen LogP contribution in [0, 0.1) is 6.92 Å². The Bertz CT molecular complexity index is 445. The maximum atomic E-state index is 11.9. The molecule has 2 rings (SSSR count). The van der Waals surface area contributed by atoms with Gasteiger partial charge < -0.3 is 19.3 Å². The number of aliphatic hydroxyl groups is 1. The van der Waals surface area contributed by atoms with E-state index in [4.69, 9.17) is 14.2 Å². The maximum Gasteiger partial charge on any atom is 0.338 e. The Kier molecular flexibility index (Phi) is 4.52. The smallest absolute Gasteiger partial charge is 0.338 e. The van der Waals surface area contributed by atoms with Gasteiger partial charge in [-0.1, -0.05) is 18.2 Å². The van der Waals surface area contributed by atoms with Gasteiger partial charge in [-0.05, 0) is 18.6 Å². The van der Waals surface area contributed by atoms with E-state index in [1.807, 2.05) is 19.1 Å². The number of ether oxygens (including phenoxy) is 3. The second-order valence-corrected chi connectivity index (χ2v) is 4.56. The third-order valence-corrected chi connectivity index (χ3v) is 3.20. The first kappa shape index (κ1) is 14.0. The van der Waals surface area contributed by atoms with Gasteiger partial charge in [0.2, 0.25) is 0 Å². The fraction of sp³-hybridized carbons (Fsp3) is 0.500. The molecule has 1 fully saturated rings. The van der Waals surface area contributed by atoms with Gasteiger partial charge in [-0.25, -0.2) is 4.79 Å². The van der Waals surface area contributed by atoms with E-state index in [9.17, 15) is 9.90 Å². The van der Waals surface area contributed by atoms with Crippen LogP contribution in [0.4, 0.5) is 0 Å². The van der Waals surface area contributed by atoms with Crippen LogP contribution in [0.25, 0.3) is 0 Å². The number of aryl methyl sites for hydroxylation is 1. The van der Waals surface area contributed by atoms with E-state index in [2.05, 4.69) is 0 Å². The van der Waals surface area contributed by atoms with Crippen LogP contribution in [0.5, 0.6) is 0 Å². The molecule has 0 aliphatic carbocycles. The van der Waals surface area contributed by atoms with Gasteiger partial charge in [0.15, 0.2) is 6.29 Å². The van der Waals surface area contributed by atoms with Gasteiger partial charge in [-0.3, -0.25) is 0 Å². The molecule has 1 aliphatic rings. The minimum atomic E-state index is -0.672. The number of rotatable bonds is 4. The number of aliphatic hydroxyl groups excluding tert-OH is 1. The van der Waals surface area contributed by atoms with Crippen LogP contribution in [0.15, 0.2) is 24.3 Å². The molecule has 1 aromatic rings. The standard InChI is InChI=1S/C14H18O5/c1-9-5-3-4-6-10(9)14(16)18-8-12-11(15)7-13(17-2)19-12/h3-6,11-13,15H,7-8H2,1-2H3/t11-,12+,13?/m1/s1. The van der Waals surface area contributed by atoms with Crippen molar-refractivity contribution < 1.29 is 24.1 Å². The Balaban J connectivity index is 1.89. The normalized spacial score (nSPS) is 26.4. The third kappa shape index (κ3) is 3.32. The van der Waals surface area contributed by atoms with E-state index in [-0.39, 0.29) is 6.61 Å². The van der Waals surface area contributed by atoms with Crippen molar-refractivity contribution in [3.05, 3.63) is 35.4 Å². The predicted molar refractivity (Wildman–Crippen MR) is 67.8 cm³/mol. The van der Waals surface area contributed by atoms with Crippen LogP contribution in [0.1, 0.15) is 22.3 Å². The highest BCUT2D eigenvalue weighted by molar-refractivity contribution is 5.90. The molecule has 0 aromatic heterocycles. The summed E-state index contributed by atoms with van der Waals surface area (Å²) in [5, 5.41) is 9.73. The predicted octanol–water partition coefficient (Wildman–Crippen LogP) is 1.27. The summed E-state index contributed by atoms with van der Waals surface area (Å²) < 4.78 is 15.6. The Labute approximate surface area is 112 Å². The summed E-state index contributed by atoms with van der Waals surface area (Å²) in [6.45, 7) is 1.87. The second kappa shape index (κ2) is 6.14. The van der Waals surface area contributed by atoms with Crippen LogP contribution in [0.2, 0.25) is 0 Å². The number of carbonyl (C=O) groups excluding carboxylic acids is 1. The van der Waals surface area contributed by atoms with E-state index in [1.54, 1.807) is 12.1 Å². The van der Waals surface area contributed by atoms with Crippen molar-refractivity contribution in [3.63, 3.8) is 0 Å². The quantitative estimate of drug-likeness (QED) is 0.831. The van der Waals surface area contributed by atoms with Crippen molar-refractivity contribution in [1.29, 1.82) is 0 Å². The lowest BCUT2D eigenvalue weighted by Crippen LogP contribution is -2.28. The van der Waals surface area contributed by atoms with Crippen molar-refractivity contribution in [1.82, 2.24) is 0 Å². The topological polar surface area (TPSA) is 65.0 Å². The Hall–Kier alpha value is -1.43. The molecular formula is C14H18O5. The monoisotopic (exact) mass is 266 g/mol. The van der Waals surface area contributed by atoms with Crippen LogP contribution >= 0.6 is 0 Å². The minimum absolute atomic E-state index is 0.0220. The lowest BCUT2D eigenvalue weighted by molar-refractivity contribution is -0.128. The Morgan fingerprint density at radius 2 is 2.21 bits per heavy atom. The zero-order valence-electron chi connectivity index (χ0n) is 11.0. The van der Waals surface area contributed by atoms with Gasteiger partial charge in [-0.2, -0.15) is 0 Å². The van der Waals surface area contributed by atoms with Crippen molar-refractivity contribution in [2.24, 2.45) is 0 Å². The summed E-state index contributed by atoms with van der Waals surface area (Å²) in [5.41, 5.74) is 1.38. The number of hydrogen-bond acceptors (Lipinski definition) is 5. The van der Waals surface area contributed by atoms with Crippen LogP contribution < -0.4 is 0 Å². The highest BCUT2D eigenvalue weighted by Gasteiger charge is 2.34. The van der Waals surface area contributed by atoms with Crippen molar-refractivity contribution in [2.45, 2.75) is 31.8 Å². The van der Waals surface area contributed by atoms with Gasteiger partial charge >= 0.3 is 5.97 Å². The molecule has 0 saturated carbocycles. The van der Waals surface area contributed by atoms with E-state index >= 15 is 0 Å². The van der Waals surface area contributed by atoms with Crippen LogP contribution in [-0.4, -0.2) is 43.3 Å². The van der Waals surface area contributed by atoms with Crippen molar-refractivity contribution >= 4 is 5.97 Å². The fourth-order valence-corrected chi connectivity index (χ4v) is 2.03. The molecule has 1 unspecified atom stereocenters. The van der Waals surface area contributed by atoms with Gasteiger partial charge in [0, 0.05) is 13.5 Å². The molecule has 0 amide bonds. The summed E-state index contributed by atoms with van der Waals surface area (Å²) in [4.78, 5) is 11.9. The fourth-order valence-electron chi connectivity index (χ4n) is 2.03. The lowest BCUT2D eigenvalue weighted by Gasteiger charge is -2.15. The Morgan fingerprint density at radius 1 is 1.47 bits per heavy atom. The second-order valence-electron chi connectivity index (χ2n) is 4.56. The average Bonchev–Trinajstić information content (AvgIpc) is 2.77. The van der Waals surface area contributed by atoms with Crippen molar-refractivity contribution in [2.75, 3.05) is 13.7 Å². The van der Waals surface area contributed by atoms with Gasteiger partial charge in [0.25, 0.3) is 0 Å². The minimum Gasteiger partial charge on any atom is -0.459 e. The number of methoxy groups -OCH3 is 1. The molecule has 5 nitrogen and oxygen atoms in total. The molecule has 0 bridgehead atoms. The largest absolute Gasteiger partial charge is 0.459 e. The molecule has 0 spiro atoms. The summed E-state index contributed by atoms with van der Waals surface area (Å²) in [6.07, 6.45) is -1.24. The zero-order chi connectivity index (χ0) is 13.8. The molecule has 5 heteroatoms. The number of carbonyl (C=O) groups is 1.